The number of hydrogen-bond donors (Lipinski definition) is 1. The van der Waals surface area contributed by atoms with Crippen LogP contribution in [-0.4, -0.2) is 45.8 Å². The van der Waals surface area contributed by atoms with Gasteiger partial charge in [-0.05, 0) is 50.9 Å². The van der Waals surface area contributed by atoms with E-state index in [4.69, 9.17) is 0 Å². The van der Waals surface area contributed by atoms with Crippen molar-refractivity contribution in [3.8, 4) is 5.69 Å². The van der Waals surface area contributed by atoms with Crippen LogP contribution in [0.5, 0.6) is 0 Å². The van der Waals surface area contributed by atoms with Crippen molar-refractivity contribution >= 4 is 5.91 Å². The van der Waals surface area contributed by atoms with Crippen molar-refractivity contribution in [2.75, 3.05) is 13.1 Å². The van der Waals surface area contributed by atoms with Crippen LogP contribution in [0.15, 0.2) is 30.5 Å². The molecule has 2 atom stereocenters. The maximum Gasteiger partial charge on any atom is 0.416 e. The van der Waals surface area contributed by atoms with E-state index >= 15 is 0 Å². The van der Waals surface area contributed by atoms with Crippen LogP contribution in [-0.2, 0) is 6.18 Å². The van der Waals surface area contributed by atoms with E-state index in [1.54, 1.807) is 13.0 Å². The van der Waals surface area contributed by atoms with E-state index in [-0.39, 0.29) is 17.6 Å². The largest absolute Gasteiger partial charge is 0.416 e. The smallest absolute Gasteiger partial charge is 0.348 e. The van der Waals surface area contributed by atoms with Gasteiger partial charge in [0.1, 0.15) is 0 Å². The molecular weight excluding hydrogens is 369 g/mol. The molecule has 0 spiro atoms. The lowest BCUT2D eigenvalue weighted by atomic mass is 9.99. The zero-order chi connectivity index (χ0) is 19.9. The number of nitrogens with one attached hydrogen (secondary N) is 1. The molecule has 3 heterocycles. The molecule has 0 radical (unpaired) electrons. The van der Waals surface area contributed by atoms with E-state index in [0.29, 0.717) is 17.3 Å². The fraction of sp³-hybridized carbons (Fsp3) is 0.500. The zero-order valence-corrected chi connectivity index (χ0v) is 15.7. The lowest BCUT2D eigenvalue weighted by Gasteiger charge is -2.32. The standard InChI is InChI=1S/C20H23F3N4O/c1-13-16(19(28)25-17-8-10-26-9-3-2-7-18(17)26)12-24-27(13)15-6-4-5-14(11-15)20(21,22)23/h4-6,11-12,17-18H,2-3,7-10H2,1H3,(H,25,28)/t17-,18-/m1/s1. The highest BCUT2D eigenvalue weighted by Crippen LogP contribution is 2.31. The average molecular weight is 392 g/mol. The van der Waals surface area contributed by atoms with E-state index < -0.39 is 11.7 Å². The van der Waals surface area contributed by atoms with E-state index in [1.807, 2.05) is 0 Å². The third-order valence-electron chi connectivity index (χ3n) is 5.84. The van der Waals surface area contributed by atoms with Crippen LogP contribution in [0.4, 0.5) is 13.2 Å². The SMILES string of the molecule is Cc1c(C(=O)N[C@@H]2CCN3CCCC[C@H]23)cnn1-c1cccc(C(F)(F)F)c1. The predicted molar refractivity (Wildman–Crippen MR) is 98.4 cm³/mol. The number of amides is 1. The third-order valence-corrected chi connectivity index (χ3v) is 5.84. The Morgan fingerprint density at radius 1 is 1.21 bits per heavy atom. The fourth-order valence-corrected chi connectivity index (χ4v) is 4.37. The van der Waals surface area contributed by atoms with Gasteiger partial charge in [0.15, 0.2) is 0 Å². The fourth-order valence-electron chi connectivity index (χ4n) is 4.37. The normalized spacial score (nSPS) is 22.9. The molecule has 0 bridgehead atoms. The number of benzene rings is 1. The summed E-state index contributed by atoms with van der Waals surface area (Å²) in [6.45, 7) is 3.78. The van der Waals surface area contributed by atoms with Crippen LogP contribution in [0.25, 0.3) is 5.69 Å². The number of nitrogens with zero attached hydrogens (tertiary/aromatic N) is 3. The van der Waals surface area contributed by atoms with Crippen LogP contribution in [0.2, 0.25) is 0 Å². The van der Waals surface area contributed by atoms with Gasteiger partial charge < -0.3 is 5.32 Å². The highest BCUT2D eigenvalue weighted by Gasteiger charge is 2.36. The van der Waals surface area contributed by atoms with E-state index in [1.165, 1.54) is 29.8 Å². The molecule has 0 aliphatic carbocycles. The molecule has 2 aliphatic rings. The summed E-state index contributed by atoms with van der Waals surface area (Å²) >= 11 is 0. The maximum atomic E-state index is 13.0. The topological polar surface area (TPSA) is 50.2 Å². The van der Waals surface area contributed by atoms with Crippen molar-refractivity contribution in [1.82, 2.24) is 20.0 Å². The first-order valence-corrected chi connectivity index (χ1v) is 9.62. The first-order valence-electron chi connectivity index (χ1n) is 9.62. The van der Waals surface area contributed by atoms with Gasteiger partial charge in [-0.3, -0.25) is 9.69 Å². The summed E-state index contributed by atoms with van der Waals surface area (Å²) in [5.74, 6) is -0.215. The van der Waals surface area contributed by atoms with Gasteiger partial charge in [0.2, 0.25) is 0 Å². The molecule has 2 aliphatic heterocycles. The Hall–Kier alpha value is -2.35. The van der Waals surface area contributed by atoms with Crippen LogP contribution in [0, 0.1) is 6.92 Å². The van der Waals surface area contributed by atoms with Crippen molar-refractivity contribution in [1.29, 1.82) is 0 Å². The van der Waals surface area contributed by atoms with Gasteiger partial charge in [-0.15, -0.1) is 0 Å². The van der Waals surface area contributed by atoms with Crippen LogP contribution in [0.3, 0.4) is 0 Å². The minimum atomic E-state index is -4.42. The van der Waals surface area contributed by atoms with Gasteiger partial charge in [0, 0.05) is 18.6 Å². The number of halogens is 3. The molecule has 5 nitrogen and oxygen atoms in total. The molecule has 1 aromatic carbocycles. The second-order valence-electron chi connectivity index (χ2n) is 7.57. The van der Waals surface area contributed by atoms with E-state index in [2.05, 4.69) is 15.3 Å². The number of piperidine rings is 1. The first-order chi connectivity index (χ1) is 13.3. The Balaban J connectivity index is 1.53. The first kappa shape index (κ1) is 19.0. The monoisotopic (exact) mass is 392 g/mol. The van der Waals surface area contributed by atoms with Gasteiger partial charge in [-0.1, -0.05) is 12.5 Å². The van der Waals surface area contributed by atoms with Gasteiger partial charge in [-0.25, -0.2) is 4.68 Å². The van der Waals surface area contributed by atoms with Crippen LogP contribution in [0.1, 0.15) is 47.3 Å². The van der Waals surface area contributed by atoms with Crippen molar-refractivity contribution in [2.24, 2.45) is 0 Å². The second-order valence-corrected chi connectivity index (χ2v) is 7.57. The summed E-state index contributed by atoms with van der Waals surface area (Å²) in [5, 5.41) is 7.29. The van der Waals surface area contributed by atoms with Gasteiger partial charge in [0.05, 0.1) is 28.7 Å². The molecule has 0 unspecified atom stereocenters. The molecule has 1 N–H and O–H groups in total. The van der Waals surface area contributed by atoms with Gasteiger partial charge >= 0.3 is 6.18 Å². The molecule has 1 amide bonds. The minimum Gasteiger partial charge on any atom is -0.348 e. The molecule has 2 saturated heterocycles. The molecule has 2 fully saturated rings. The van der Waals surface area contributed by atoms with Gasteiger partial charge in [-0.2, -0.15) is 18.3 Å². The molecule has 4 rings (SSSR count). The Morgan fingerprint density at radius 3 is 2.82 bits per heavy atom. The number of aromatic nitrogens is 2. The predicted octanol–water partition coefficient (Wildman–Crippen LogP) is 3.56. The number of fused-ring (bicyclic) bond motifs is 1. The van der Waals surface area contributed by atoms with Crippen molar-refractivity contribution in [3.05, 3.63) is 47.3 Å². The summed E-state index contributed by atoms with van der Waals surface area (Å²) in [7, 11) is 0. The summed E-state index contributed by atoms with van der Waals surface area (Å²) in [5.41, 5.74) is 0.460. The Bertz CT molecular complexity index is 877. The van der Waals surface area contributed by atoms with Crippen molar-refractivity contribution in [2.45, 2.75) is 50.9 Å². The highest BCUT2D eigenvalue weighted by molar-refractivity contribution is 5.95. The molecule has 28 heavy (non-hydrogen) atoms. The van der Waals surface area contributed by atoms with Gasteiger partial charge in [0.25, 0.3) is 5.91 Å². The van der Waals surface area contributed by atoms with Crippen molar-refractivity contribution < 1.29 is 18.0 Å². The number of carbonyl (C=O) groups is 1. The molecule has 1 aromatic heterocycles. The van der Waals surface area contributed by atoms with Crippen molar-refractivity contribution in [3.63, 3.8) is 0 Å². The van der Waals surface area contributed by atoms with Crippen LogP contribution < -0.4 is 5.32 Å². The van der Waals surface area contributed by atoms with Crippen LogP contribution >= 0.6 is 0 Å². The molecular formula is C20H23F3N4O. The quantitative estimate of drug-likeness (QED) is 0.869. The number of hydrogen-bond acceptors (Lipinski definition) is 3. The zero-order valence-electron chi connectivity index (χ0n) is 15.7. The Morgan fingerprint density at radius 2 is 2.04 bits per heavy atom. The molecule has 8 heteroatoms. The minimum absolute atomic E-state index is 0.115. The Kier molecular flexibility index (Phi) is 4.91. The van der Waals surface area contributed by atoms with E-state index in [9.17, 15) is 18.0 Å². The highest BCUT2D eigenvalue weighted by atomic mass is 19.4. The lowest BCUT2D eigenvalue weighted by molar-refractivity contribution is -0.137. The Labute approximate surface area is 161 Å². The molecule has 2 aromatic rings. The molecule has 0 saturated carbocycles. The maximum absolute atomic E-state index is 13.0. The lowest BCUT2D eigenvalue weighted by Crippen LogP contribution is -2.46. The number of alkyl halides is 3. The summed E-state index contributed by atoms with van der Waals surface area (Å²) in [4.78, 5) is 15.2. The molecule has 150 valence electrons. The summed E-state index contributed by atoms with van der Waals surface area (Å²) < 4.78 is 40.3. The summed E-state index contributed by atoms with van der Waals surface area (Å²) in [6.07, 6.45) is 1.41. The second kappa shape index (κ2) is 7.24. The van der Waals surface area contributed by atoms with E-state index in [0.717, 1.165) is 38.1 Å². The third kappa shape index (κ3) is 3.53. The number of rotatable bonds is 3. The summed E-state index contributed by atoms with van der Waals surface area (Å²) in [6, 6.07) is 5.45. The number of carbonyl (C=O) groups excluding carboxylic acids is 1. The average Bonchev–Trinajstić information content (AvgIpc) is 3.25.